The Bertz CT molecular complexity index is 940. The van der Waals surface area contributed by atoms with Gasteiger partial charge in [0.2, 0.25) is 0 Å². The number of hydrogen-bond donors (Lipinski definition) is 1. The maximum absolute atomic E-state index is 12.9. The lowest BCUT2D eigenvalue weighted by Gasteiger charge is -2.21. The monoisotopic (exact) mass is 407 g/mol. The molecule has 150 valence electrons. The summed E-state index contributed by atoms with van der Waals surface area (Å²) < 4.78 is 5.85. The molecule has 0 spiro atoms. The fourth-order valence-electron chi connectivity index (χ4n) is 3.18. The van der Waals surface area contributed by atoms with E-state index in [9.17, 15) is 4.79 Å². The largest absolute Gasteiger partial charge is 0.489 e. The van der Waals surface area contributed by atoms with Gasteiger partial charge in [-0.1, -0.05) is 80.0 Å². The molecule has 1 N–H and O–H groups in total. The summed E-state index contributed by atoms with van der Waals surface area (Å²) in [4.78, 5) is 12.9. The second-order valence-corrected chi connectivity index (χ2v) is 7.88. The van der Waals surface area contributed by atoms with Crippen LogP contribution in [-0.4, -0.2) is 5.91 Å². The molecule has 3 nitrogen and oxygen atoms in total. The van der Waals surface area contributed by atoms with Crippen molar-refractivity contribution in [2.45, 2.75) is 32.9 Å². The summed E-state index contributed by atoms with van der Waals surface area (Å²) >= 11 is 6.19. The zero-order valence-corrected chi connectivity index (χ0v) is 17.5. The van der Waals surface area contributed by atoms with Gasteiger partial charge in [0.25, 0.3) is 5.91 Å². The third-order valence-corrected chi connectivity index (χ3v) is 5.03. The average Bonchev–Trinajstić information content (AvgIpc) is 2.73. The van der Waals surface area contributed by atoms with E-state index in [0.29, 0.717) is 28.9 Å². The lowest BCUT2D eigenvalue weighted by Crippen LogP contribution is -2.29. The molecular formula is C25H26ClNO2. The van der Waals surface area contributed by atoms with Crippen LogP contribution in [0.2, 0.25) is 5.02 Å². The normalized spacial score (nSPS) is 11.9. The summed E-state index contributed by atoms with van der Waals surface area (Å²) in [5.74, 6) is 0.992. The van der Waals surface area contributed by atoms with E-state index >= 15 is 0 Å². The molecule has 0 saturated carbocycles. The highest BCUT2D eigenvalue weighted by Gasteiger charge is 2.17. The van der Waals surface area contributed by atoms with E-state index in [4.69, 9.17) is 16.3 Å². The highest BCUT2D eigenvalue weighted by Crippen LogP contribution is 2.23. The van der Waals surface area contributed by atoms with Crippen molar-refractivity contribution in [3.8, 4) is 5.75 Å². The standard InChI is InChI=1S/C25H26ClNO2/c1-18(2)15-24(19-9-4-3-5-10-19)27-25(28)20-12-8-13-22(16-20)29-17-21-11-6-7-14-23(21)26/h3-14,16,18,24H,15,17H2,1-2H3,(H,27,28)/t24-/m1/s1. The second-order valence-electron chi connectivity index (χ2n) is 7.47. The topological polar surface area (TPSA) is 38.3 Å². The van der Waals surface area contributed by atoms with Crippen LogP contribution >= 0.6 is 11.6 Å². The van der Waals surface area contributed by atoms with E-state index in [2.05, 4.69) is 31.3 Å². The summed E-state index contributed by atoms with van der Waals surface area (Å²) in [6, 6.07) is 24.9. The quantitative estimate of drug-likeness (QED) is 0.466. The van der Waals surface area contributed by atoms with Crippen molar-refractivity contribution < 1.29 is 9.53 Å². The predicted molar refractivity (Wildman–Crippen MR) is 118 cm³/mol. The molecule has 0 saturated heterocycles. The van der Waals surface area contributed by atoms with E-state index < -0.39 is 0 Å². The van der Waals surface area contributed by atoms with Crippen molar-refractivity contribution in [1.82, 2.24) is 5.32 Å². The lowest BCUT2D eigenvalue weighted by molar-refractivity contribution is 0.0931. The Morgan fingerprint density at radius 2 is 1.69 bits per heavy atom. The Morgan fingerprint density at radius 3 is 2.41 bits per heavy atom. The number of amides is 1. The van der Waals surface area contributed by atoms with Crippen LogP contribution in [0.15, 0.2) is 78.9 Å². The molecule has 3 rings (SSSR count). The molecule has 4 heteroatoms. The Kier molecular flexibility index (Phi) is 7.31. The van der Waals surface area contributed by atoms with E-state index in [1.807, 2.05) is 54.6 Å². The first-order valence-corrected chi connectivity index (χ1v) is 10.2. The molecule has 0 aliphatic carbocycles. The van der Waals surface area contributed by atoms with E-state index in [1.165, 1.54) is 0 Å². The zero-order chi connectivity index (χ0) is 20.6. The first-order valence-electron chi connectivity index (χ1n) is 9.85. The highest BCUT2D eigenvalue weighted by molar-refractivity contribution is 6.31. The highest BCUT2D eigenvalue weighted by atomic mass is 35.5. The predicted octanol–water partition coefficient (Wildman–Crippen LogP) is 6.44. The smallest absolute Gasteiger partial charge is 0.251 e. The molecule has 0 aliphatic heterocycles. The van der Waals surface area contributed by atoms with Crippen LogP contribution in [-0.2, 0) is 6.61 Å². The third kappa shape index (κ3) is 6.10. The number of halogens is 1. The minimum atomic E-state index is -0.109. The van der Waals surface area contributed by atoms with Gasteiger partial charge in [0, 0.05) is 16.1 Å². The summed E-state index contributed by atoms with van der Waals surface area (Å²) in [6.07, 6.45) is 0.873. The van der Waals surface area contributed by atoms with Gasteiger partial charge in [0.1, 0.15) is 12.4 Å². The van der Waals surface area contributed by atoms with E-state index in [-0.39, 0.29) is 11.9 Å². The molecular weight excluding hydrogens is 382 g/mol. The molecule has 3 aromatic carbocycles. The van der Waals surface area contributed by atoms with Gasteiger partial charge in [-0.25, -0.2) is 0 Å². The van der Waals surface area contributed by atoms with Gasteiger partial charge in [-0.05, 0) is 42.2 Å². The molecule has 1 atom stereocenters. The van der Waals surface area contributed by atoms with Gasteiger partial charge >= 0.3 is 0 Å². The van der Waals surface area contributed by atoms with Crippen molar-refractivity contribution in [2.24, 2.45) is 5.92 Å². The van der Waals surface area contributed by atoms with Crippen molar-refractivity contribution >= 4 is 17.5 Å². The number of carbonyl (C=O) groups is 1. The Labute approximate surface area is 177 Å². The van der Waals surface area contributed by atoms with Gasteiger partial charge in [-0.15, -0.1) is 0 Å². The molecule has 0 fully saturated rings. The SMILES string of the molecule is CC(C)C[C@@H](NC(=O)c1cccc(OCc2ccccc2Cl)c1)c1ccccc1. The van der Waals surface area contributed by atoms with Gasteiger partial charge in [0.15, 0.2) is 0 Å². The molecule has 0 unspecified atom stereocenters. The first kappa shape index (κ1) is 20.9. The maximum atomic E-state index is 12.9. The maximum Gasteiger partial charge on any atom is 0.251 e. The molecule has 0 radical (unpaired) electrons. The summed E-state index contributed by atoms with van der Waals surface area (Å²) in [6.45, 7) is 4.67. The minimum absolute atomic E-state index is 0.0311. The molecule has 1 amide bonds. The number of carbonyl (C=O) groups excluding carboxylic acids is 1. The van der Waals surface area contributed by atoms with Gasteiger partial charge in [0.05, 0.1) is 6.04 Å². The average molecular weight is 408 g/mol. The molecule has 0 heterocycles. The Balaban J connectivity index is 1.70. The van der Waals surface area contributed by atoms with Crippen molar-refractivity contribution in [2.75, 3.05) is 0 Å². The number of rotatable bonds is 8. The van der Waals surface area contributed by atoms with Crippen molar-refractivity contribution in [3.05, 3.63) is 101 Å². The molecule has 3 aromatic rings. The first-order chi connectivity index (χ1) is 14.0. The Morgan fingerprint density at radius 1 is 0.966 bits per heavy atom. The van der Waals surface area contributed by atoms with Gasteiger partial charge < -0.3 is 10.1 Å². The van der Waals surface area contributed by atoms with Crippen LogP contribution in [0.25, 0.3) is 0 Å². The zero-order valence-electron chi connectivity index (χ0n) is 16.8. The van der Waals surface area contributed by atoms with Crippen LogP contribution in [0, 0.1) is 5.92 Å². The van der Waals surface area contributed by atoms with Crippen LogP contribution < -0.4 is 10.1 Å². The molecule has 0 aromatic heterocycles. The molecule has 29 heavy (non-hydrogen) atoms. The van der Waals surface area contributed by atoms with Crippen molar-refractivity contribution in [1.29, 1.82) is 0 Å². The number of benzene rings is 3. The number of hydrogen-bond acceptors (Lipinski definition) is 2. The minimum Gasteiger partial charge on any atom is -0.489 e. The molecule has 0 bridgehead atoms. The van der Waals surface area contributed by atoms with E-state index in [1.54, 1.807) is 12.1 Å². The molecule has 0 aliphatic rings. The number of nitrogens with one attached hydrogen (secondary N) is 1. The van der Waals surface area contributed by atoms with Crippen LogP contribution in [0.3, 0.4) is 0 Å². The second kappa shape index (κ2) is 10.1. The summed E-state index contributed by atoms with van der Waals surface area (Å²) in [5, 5.41) is 3.84. The summed E-state index contributed by atoms with van der Waals surface area (Å²) in [5.41, 5.74) is 2.59. The van der Waals surface area contributed by atoms with Crippen LogP contribution in [0.5, 0.6) is 5.75 Å². The van der Waals surface area contributed by atoms with Crippen molar-refractivity contribution in [3.63, 3.8) is 0 Å². The Hall–Kier alpha value is -2.78. The summed E-state index contributed by atoms with van der Waals surface area (Å²) in [7, 11) is 0. The number of ether oxygens (including phenoxy) is 1. The van der Waals surface area contributed by atoms with Crippen LogP contribution in [0.1, 0.15) is 47.8 Å². The van der Waals surface area contributed by atoms with Gasteiger partial charge in [-0.3, -0.25) is 4.79 Å². The fraction of sp³-hybridized carbons (Fsp3) is 0.240. The third-order valence-electron chi connectivity index (χ3n) is 4.66. The lowest BCUT2D eigenvalue weighted by atomic mass is 9.96. The van der Waals surface area contributed by atoms with E-state index in [0.717, 1.165) is 17.5 Å². The fourth-order valence-corrected chi connectivity index (χ4v) is 3.37. The van der Waals surface area contributed by atoms with Crippen LogP contribution in [0.4, 0.5) is 0 Å². The van der Waals surface area contributed by atoms with Gasteiger partial charge in [-0.2, -0.15) is 0 Å².